The van der Waals surface area contributed by atoms with Gasteiger partial charge in [-0.3, -0.25) is 4.79 Å². The first-order valence-electron chi connectivity index (χ1n) is 7.41. The lowest BCUT2D eigenvalue weighted by Crippen LogP contribution is -2.21. The number of carbonyl (C=O) groups is 1. The molecule has 0 aliphatic carbocycles. The van der Waals surface area contributed by atoms with E-state index < -0.39 is 11.4 Å². The quantitative estimate of drug-likeness (QED) is 0.621. The lowest BCUT2D eigenvalue weighted by atomic mass is 10.2. The van der Waals surface area contributed by atoms with E-state index in [1.807, 2.05) is 13.8 Å². The molecule has 0 saturated carbocycles. The summed E-state index contributed by atoms with van der Waals surface area (Å²) in [5.41, 5.74) is -0.550. The third-order valence-corrected chi connectivity index (χ3v) is 3.56. The highest BCUT2D eigenvalue weighted by atomic mass is 16.4. The summed E-state index contributed by atoms with van der Waals surface area (Å²) in [6.45, 7) is 4.69. The number of nitroso groups, excluding NO2 is 1. The summed E-state index contributed by atoms with van der Waals surface area (Å²) in [5, 5.41) is 13.5. The highest BCUT2D eigenvalue weighted by Gasteiger charge is 2.17. The molecule has 0 spiro atoms. The van der Waals surface area contributed by atoms with Gasteiger partial charge in [-0.1, -0.05) is 13.3 Å². The Morgan fingerprint density at radius 1 is 1.39 bits per heavy atom. The number of nitrogens with zero attached hydrogens (tertiary/aromatic N) is 4. The lowest BCUT2D eigenvalue weighted by Gasteiger charge is -2.15. The molecule has 2 heterocycles. The molecule has 0 atom stereocenters. The minimum Gasteiger partial charge on any atom is -0.477 e. The number of pyridine rings is 2. The summed E-state index contributed by atoms with van der Waals surface area (Å²) in [6.07, 6.45) is 2.96. The van der Waals surface area contributed by atoms with Gasteiger partial charge >= 0.3 is 5.97 Å². The molecule has 0 aromatic carbocycles. The minimum absolute atomic E-state index is 0.205. The number of unbranched alkanes of at least 4 members (excludes halogenated alkanes) is 1. The summed E-state index contributed by atoms with van der Waals surface area (Å²) in [6, 6.07) is 3.00. The molecule has 122 valence electrons. The zero-order valence-corrected chi connectivity index (χ0v) is 13.0. The summed E-state index contributed by atoms with van der Waals surface area (Å²) in [4.78, 5) is 38.7. The van der Waals surface area contributed by atoms with Gasteiger partial charge in [-0.15, -0.1) is 4.91 Å². The molecule has 8 heteroatoms. The maximum absolute atomic E-state index is 12.2. The number of aromatic nitrogens is 2. The summed E-state index contributed by atoms with van der Waals surface area (Å²) in [5.74, 6) is -0.937. The molecule has 1 N–H and O–H groups in total. The van der Waals surface area contributed by atoms with E-state index in [-0.39, 0.29) is 10.9 Å². The Morgan fingerprint density at radius 3 is 2.70 bits per heavy atom. The fourth-order valence-corrected chi connectivity index (χ4v) is 2.30. The maximum atomic E-state index is 12.2. The second-order valence-corrected chi connectivity index (χ2v) is 5.06. The number of fused-ring (bicyclic) bond motifs is 1. The molecule has 0 fully saturated rings. The number of carboxylic acid groups (broad SMARTS) is 1. The predicted octanol–water partition coefficient (Wildman–Crippen LogP) is 2.40. The first-order valence-corrected chi connectivity index (χ1v) is 7.41. The number of hydrogen-bond donors (Lipinski definition) is 1. The summed E-state index contributed by atoms with van der Waals surface area (Å²) in [7, 11) is 0. The molecule has 0 amide bonds. The number of rotatable bonds is 7. The van der Waals surface area contributed by atoms with Crippen molar-refractivity contribution in [3.8, 4) is 0 Å². The first kappa shape index (κ1) is 16.6. The highest BCUT2D eigenvalue weighted by molar-refractivity contribution is 5.92. The second-order valence-electron chi connectivity index (χ2n) is 5.06. The molecule has 0 unspecified atom stereocenters. The van der Waals surface area contributed by atoms with Crippen LogP contribution >= 0.6 is 0 Å². The standard InChI is InChI=1S/C15H18N4O4/c1-3-5-8-19(17-23)12-7-6-10-13(20)11(15(21)22)9-18(4-2)14(10)16-12/h6-7,9H,3-5,8H2,1-2H3,(H,21,22). The van der Waals surface area contributed by atoms with Crippen LogP contribution in [0.4, 0.5) is 5.82 Å². The fourth-order valence-electron chi connectivity index (χ4n) is 2.30. The van der Waals surface area contributed by atoms with Crippen molar-refractivity contribution >= 4 is 22.8 Å². The van der Waals surface area contributed by atoms with Gasteiger partial charge in [0.1, 0.15) is 11.2 Å². The Morgan fingerprint density at radius 2 is 2.13 bits per heavy atom. The van der Waals surface area contributed by atoms with E-state index in [9.17, 15) is 14.5 Å². The van der Waals surface area contributed by atoms with Gasteiger partial charge < -0.3 is 9.67 Å². The van der Waals surface area contributed by atoms with Crippen LogP contribution in [0, 0.1) is 4.91 Å². The van der Waals surface area contributed by atoms with Crippen LogP contribution in [0.3, 0.4) is 0 Å². The topological polar surface area (TPSA) is 105 Å². The zero-order chi connectivity index (χ0) is 17.0. The van der Waals surface area contributed by atoms with Gasteiger partial charge in [0.05, 0.1) is 10.7 Å². The average molecular weight is 318 g/mol. The van der Waals surface area contributed by atoms with Crippen molar-refractivity contribution in [2.45, 2.75) is 33.2 Å². The second kappa shape index (κ2) is 6.99. The molecular formula is C15H18N4O4. The smallest absolute Gasteiger partial charge is 0.341 e. The Kier molecular flexibility index (Phi) is 5.05. The third-order valence-electron chi connectivity index (χ3n) is 3.56. The monoisotopic (exact) mass is 318 g/mol. The fraction of sp³-hybridized carbons (Fsp3) is 0.400. The van der Waals surface area contributed by atoms with Crippen molar-refractivity contribution in [2.75, 3.05) is 11.6 Å². The number of aromatic carboxylic acids is 1. The molecular weight excluding hydrogens is 300 g/mol. The Hall–Kier alpha value is -2.77. The Balaban J connectivity index is 2.63. The van der Waals surface area contributed by atoms with Gasteiger partial charge in [-0.2, -0.15) is 0 Å². The average Bonchev–Trinajstić information content (AvgIpc) is 2.55. The van der Waals surface area contributed by atoms with E-state index in [1.165, 1.54) is 23.3 Å². The van der Waals surface area contributed by atoms with Gasteiger partial charge in [-0.25, -0.2) is 14.8 Å². The van der Waals surface area contributed by atoms with E-state index in [0.29, 0.717) is 24.6 Å². The van der Waals surface area contributed by atoms with Crippen LogP contribution in [0.15, 0.2) is 28.4 Å². The molecule has 8 nitrogen and oxygen atoms in total. The van der Waals surface area contributed by atoms with Crippen molar-refractivity contribution < 1.29 is 9.90 Å². The van der Waals surface area contributed by atoms with Crippen LogP contribution in [0.25, 0.3) is 11.0 Å². The molecule has 0 aliphatic rings. The van der Waals surface area contributed by atoms with Crippen molar-refractivity contribution in [3.63, 3.8) is 0 Å². The van der Waals surface area contributed by atoms with Crippen molar-refractivity contribution in [1.29, 1.82) is 0 Å². The van der Waals surface area contributed by atoms with Gasteiger partial charge in [0.15, 0.2) is 5.82 Å². The van der Waals surface area contributed by atoms with Gasteiger partial charge in [0, 0.05) is 19.3 Å². The first-order chi connectivity index (χ1) is 11.0. The Labute approximate surface area is 132 Å². The third kappa shape index (κ3) is 3.20. The summed E-state index contributed by atoms with van der Waals surface area (Å²) >= 11 is 0. The van der Waals surface area contributed by atoms with Crippen LogP contribution in [0.5, 0.6) is 0 Å². The molecule has 2 aromatic rings. The van der Waals surface area contributed by atoms with Crippen molar-refractivity contribution in [3.05, 3.63) is 39.0 Å². The Bertz CT molecular complexity index is 800. The molecule has 23 heavy (non-hydrogen) atoms. The van der Waals surface area contributed by atoms with E-state index in [1.54, 1.807) is 4.57 Å². The number of aryl methyl sites for hydroxylation is 1. The number of carboxylic acids is 1. The highest BCUT2D eigenvalue weighted by Crippen LogP contribution is 2.18. The van der Waals surface area contributed by atoms with Crippen LogP contribution in [-0.4, -0.2) is 27.2 Å². The van der Waals surface area contributed by atoms with E-state index in [2.05, 4.69) is 10.3 Å². The van der Waals surface area contributed by atoms with Crippen molar-refractivity contribution in [2.24, 2.45) is 5.29 Å². The van der Waals surface area contributed by atoms with E-state index in [0.717, 1.165) is 12.8 Å². The van der Waals surface area contributed by atoms with Gasteiger partial charge in [-0.05, 0) is 25.5 Å². The molecule has 2 rings (SSSR count). The minimum atomic E-state index is -1.28. The maximum Gasteiger partial charge on any atom is 0.341 e. The van der Waals surface area contributed by atoms with Gasteiger partial charge in [0.25, 0.3) is 0 Å². The molecule has 0 aliphatic heterocycles. The normalized spacial score (nSPS) is 10.7. The molecule has 0 saturated heterocycles. The molecule has 0 radical (unpaired) electrons. The van der Waals surface area contributed by atoms with Crippen LogP contribution in [0.1, 0.15) is 37.0 Å². The van der Waals surface area contributed by atoms with Crippen molar-refractivity contribution in [1.82, 2.24) is 9.55 Å². The molecule has 2 aromatic heterocycles. The number of anilines is 1. The molecule has 0 bridgehead atoms. The summed E-state index contributed by atoms with van der Waals surface area (Å²) < 4.78 is 1.58. The largest absolute Gasteiger partial charge is 0.477 e. The van der Waals surface area contributed by atoms with Gasteiger partial charge in [0.2, 0.25) is 5.43 Å². The number of hydrogen-bond acceptors (Lipinski definition) is 5. The van der Waals surface area contributed by atoms with Crippen LogP contribution < -0.4 is 10.4 Å². The van der Waals surface area contributed by atoms with E-state index in [4.69, 9.17) is 5.11 Å². The predicted molar refractivity (Wildman–Crippen MR) is 86.7 cm³/mol. The van der Waals surface area contributed by atoms with Crippen LogP contribution in [-0.2, 0) is 6.54 Å². The zero-order valence-electron chi connectivity index (χ0n) is 13.0. The van der Waals surface area contributed by atoms with E-state index >= 15 is 0 Å². The lowest BCUT2D eigenvalue weighted by molar-refractivity contribution is 0.0695. The van der Waals surface area contributed by atoms with Crippen LogP contribution in [0.2, 0.25) is 0 Å². The SMILES string of the molecule is CCCCN(N=O)c1ccc2c(=O)c(C(=O)O)cn(CC)c2n1.